The van der Waals surface area contributed by atoms with Crippen LogP contribution in [0.1, 0.15) is 29.9 Å². The van der Waals surface area contributed by atoms with Gasteiger partial charge in [-0.25, -0.2) is 4.98 Å². The minimum absolute atomic E-state index is 0.284. The summed E-state index contributed by atoms with van der Waals surface area (Å²) in [7, 11) is 0. The van der Waals surface area contributed by atoms with Crippen molar-refractivity contribution in [3.8, 4) is 0 Å². The van der Waals surface area contributed by atoms with Crippen LogP contribution in [0.15, 0.2) is 48.9 Å². The monoisotopic (exact) mass is 266 g/mol. The lowest BCUT2D eigenvalue weighted by Gasteiger charge is -2.14. The molecule has 1 atom stereocenters. The van der Waals surface area contributed by atoms with Crippen LogP contribution in [-0.2, 0) is 6.54 Å². The second-order valence-electron chi connectivity index (χ2n) is 4.96. The van der Waals surface area contributed by atoms with Crippen LogP contribution in [0.25, 0.3) is 5.65 Å². The number of aromatic nitrogens is 3. The normalized spacial score (nSPS) is 12.7. The zero-order valence-electron chi connectivity index (χ0n) is 11.7. The molecule has 0 aliphatic rings. The summed E-state index contributed by atoms with van der Waals surface area (Å²) in [5.74, 6) is 0. The summed E-state index contributed by atoms with van der Waals surface area (Å²) in [6.45, 7) is 5.01. The number of imidazole rings is 1. The Hall–Kier alpha value is -2.20. The Morgan fingerprint density at radius 2 is 2.00 bits per heavy atom. The van der Waals surface area contributed by atoms with Crippen molar-refractivity contribution in [1.29, 1.82) is 0 Å². The third-order valence-corrected chi connectivity index (χ3v) is 3.61. The molecule has 0 spiro atoms. The largest absolute Gasteiger partial charge is 0.305 e. The predicted octanol–water partition coefficient (Wildman–Crippen LogP) is 2.89. The minimum Gasteiger partial charge on any atom is -0.305 e. The molecule has 1 N–H and O–H groups in total. The van der Waals surface area contributed by atoms with E-state index in [1.807, 2.05) is 42.7 Å². The van der Waals surface area contributed by atoms with E-state index in [2.05, 4.69) is 39.7 Å². The third-order valence-electron chi connectivity index (χ3n) is 3.61. The van der Waals surface area contributed by atoms with Crippen molar-refractivity contribution in [2.75, 3.05) is 0 Å². The van der Waals surface area contributed by atoms with Crippen LogP contribution < -0.4 is 5.32 Å². The van der Waals surface area contributed by atoms with Crippen molar-refractivity contribution in [3.63, 3.8) is 0 Å². The van der Waals surface area contributed by atoms with E-state index in [9.17, 15) is 0 Å². The van der Waals surface area contributed by atoms with Gasteiger partial charge in [0.15, 0.2) is 0 Å². The van der Waals surface area contributed by atoms with E-state index in [4.69, 9.17) is 0 Å². The van der Waals surface area contributed by atoms with Gasteiger partial charge in [-0.3, -0.25) is 4.98 Å². The van der Waals surface area contributed by atoms with Crippen molar-refractivity contribution < 1.29 is 0 Å². The molecule has 0 amide bonds. The van der Waals surface area contributed by atoms with Gasteiger partial charge in [-0.2, -0.15) is 0 Å². The fourth-order valence-corrected chi connectivity index (χ4v) is 2.40. The van der Waals surface area contributed by atoms with Crippen molar-refractivity contribution in [2.45, 2.75) is 26.4 Å². The summed E-state index contributed by atoms with van der Waals surface area (Å²) in [6.07, 6.45) is 5.71. The second kappa shape index (κ2) is 5.43. The van der Waals surface area contributed by atoms with Gasteiger partial charge in [0, 0.05) is 31.2 Å². The van der Waals surface area contributed by atoms with Gasteiger partial charge >= 0.3 is 0 Å². The molecule has 20 heavy (non-hydrogen) atoms. The highest BCUT2D eigenvalue weighted by molar-refractivity contribution is 5.42. The van der Waals surface area contributed by atoms with Crippen LogP contribution in [0.3, 0.4) is 0 Å². The molecule has 0 saturated carbocycles. The summed E-state index contributed by atoms with van der Waals surface area (Å²) in [4.78, 5) is 8.63. The molecule has 0 aliphatic carbocycles. The number of fused-ring (bicyclic) bond motifs is 1. The molecule has 0 aromatic carbocycles. The fourth-order valence-electron chi connectivity index (χ4n) is 2.40. The van der Waals surface area contributed by atoms with Crippen LogP contribution in [0.2, 0.25) is 0 Å². The quantitative estimate of drug-likeness (QED) is 0.789. The van der Waals surface area contributed by atoms with Crippen molar-refractivity contribution >= 4 is 5.65 Å². The molecule has 0 bridgehead atoms. The Labute approximate surface area is 118 Å². The number of aryl methyl sites for hydroxylation is 1. The standard InChI is InChI=1S/C16H18N4/c1-12(14-6-8-17-9-7-14)18-11-15-13(2)19-16-5-3-4-10-20(15)16/h3-10,12,18H,11H2,1-2H3/t12-/m0/s1. The Morgan fingerprint density at radius 1 is 1.20 bits per heavy atom. The highest BCUT2D eigenvalue weighted by Crippen LogP contribution is 2.15. The van der Waals surface area contributed by atoms with E-state index in [-0.39, 0.29) is 6.04 Å². The lowest BCUT2D eigenvalue weighted by atomic mass is 10.1. The molecule has 0 saturated heterocycles. The first-order valence-corrected chi connectivity index (χ1v) is 6.81. The summed E-state index contributed by atoms with van der Waals surface area (Å²) < 4.78 is 2.14. The molecule has 4 nitrogen and oxygen atoms in total. The fraction of sp³-hybridized carbons (Fsp3) is 0.250. The van der Waals surface area contributed by atoms with Gasteiger partial charge in [0.25, 0.3) is 0 Å². The topological polar surface area (TPSA) is 42.2 Å². The average molecular weight is 266 g/mol. The zero-order chi connectivity index (χ0) is 13.9. The SMILES string of the molecule is Cc1nc2ccccn2c1CN[C@@H](C)c1ccncc1. The first-order valence-electron chi connectivity index (χ1n) is 6.81. The van der Waals surface area contributed by atoms with Gasteiger partial charge in [0.05, 0.1) is 11.4 Å². The van der Waals surface area contributed by atoms with E-state index in [1.54, 1.807) is 0 Å². The van der Waals surface area contributed by atoms with Crippen LogP contribution in [0.4, 0.5) is 0 Å². The number of pyridine rings is 2. The van der Waals surface area contributed by atoms with E-state index >= 15 is 0 Å². The summed E-state index contributed by atoms with van der Waals surface area (Å²) >= 11 is 0. The molecule has 0 aliphatic heterocycles. The molecular formula is C16H18N4. The smallest absolute Gasteiger partial charge is 0.137 e. The van der Waals surface area contributed by atoms with Gasteiger partial charge in [-0.15, -0.1) is 0 Å². The predicted molar refractivity (Wildman–Crippen MR) is 79.4 cm³/mol. The molecule has 0 radical (unpaired) electrons. The Morgan fingerprint density at radius 3 is 2.80 bits per heavy atom. The van der Waals surface area contributed by atoms with Gasteiger partial charge in [0.1, 0.15) is 5.65 Å². The maximum Gasteiger partial charge on any atom is 0.137 e. The Bertz CT molecular complexity index is 703. The van der Waals surface area contributed by atoms with E-state index in [0.29, 0.717) is 0 Å². The highest BCUT2D eigenvalue weighted by Gasteiger charge is 2.10. The van der Waals surface area contributed by atoms with Crippen LogP contribution >= 0.6 is 0 Å². The number of hydrogen-bond donors (Lipinski definition) is 1. The van der Waals surface area contributed by atoms with Gasteiger partial charge < -0.3 is 9.72 Å². The summed E-state index contributed by atoms with van der Waals surface area (Å²) in [5, 5.41) is 3.55. The minimum atomic E-state index is 0.284. The van der Waals surface area contributed by atoms with Crippen molar-refractivity contribution in [2.24, 2.45) is 0 Å². The van der Waals surface area contributed by atoms with E-state index in [0.717, 1.165) is 17.9 Å². The van der Waals surface area contributed by atoms with Gasteiger partial charge in [-0.05, 0) is 43.7 Å². The summed E-state index contributed by atoms with van der Waals surface area (Å²) in [6, 6.07) is 10.4. The maximum atomic E-state index is 4.58. The number of nitrogens with zero attached hydrogens (tertiary/aromatic N) is 3. The average Bonchev–Trinajstić information content (AvgIpc) is 2.81. The van der Waals surface area contributed by atoms with E-state index < -0.39 is 0 Å². The lowest BCUT2D eigenvalue weighted by Crippen LogP contribution is -2.19. The van der Waals surface area contributed by atoms with Crippen LogP contribution in [0, 0.1) is 6.92 Å². The Balaban J connectivity index is 1.79. The highest BCUT2D eigenvalue weighted by atomic mass is 15.0. The molecular weight excluding hydrogens is 248 g/mol. The van der Waals surface area contributed by atoms with Crippen LogP contribution in [-0.4, -0.2) is 14.4 Å². The molecule has 4 heteroatoms. The van der Waals surface area contributed by atoms with E-state index in [1.165, 1.54) is 11.3 Å². The molecule has 0 fully saturated rings. The number of rotatable bonds is 4. The lowest BCUT2D eigenvalue weighted by molar-refractivity contribution is 0.564. The third kappa shape index (κ3) is 2.42. The molecule has 3 aromatic rings. The second-order valence-corrected chi connectivity index (χ2v) is 4.96. The van der Waals surface area contributed by atoms with Gasteiger partial charge in [-0.1, -0.05) is 6.07 Å². The van der Waals surface area contributed by atoms with Crippen molar-refractivity contribution in [1.82, 2.24) is 19.7 Å². The van der Waals surface area contributed by atoms with Crippen molar-refractivity contribution in [3.05, 3.63) is 65.9 Å². The van der Waals surface area contributed by atoms with Crippen LogP contribution in [0.5, 0.6) is 0 Å². The first kappa shape index (κ1) is 12.8. The molecule has 0 unspecified atom stereocenters. The molecule has 102 valence electrons. The first-order chi connectivity index (χ1) is 9.75. The molecule has 3 heterocycles. The van der Waals surface area contributed by atoms with Gasteiger partial charge in [0.2, 0.25) is 0 Å². The maximum absolute atomic E-state index is 4.58. The molecule has 3 rings (SSSR count). The number of hydrogen-bond acceptors (Lipinski definition) is 3. The summed E-state index contributed by atoms with van der Waals surface area (Å²) in [5.41, 5.74) is 4.52. The molecule has 3 aromatic heterocycles. The Kier molecular flexibility index (Phi) is 3.48. The number of nitrogens with one attached hydrogen (secondary N) is 1. The zero-order valence-corrected chi connectivity index (χ0v) is 11.7.